The van der Waals surface area contributed by atoms with Gasteiger partial charge in [0.15, 0.2) is 0 Å². The third kappa shape index (κ3) is 5.92. The number of carbonyl (C=O) groups excluding carboxylic acids is 1. The van der Waals surface area contributed by atoms with Gasteiger partial charge in [-0.1, -0.05) is 27.7 Å². The van der Waals surface area contributed by atoms with Gasteiger partial charge in [0.05, 0.1) is 0 Å². The van der Waals surface area contributed by atoms with Crippen molar-refractivity contribution in [2.75, 3.05) is 12.4 Å². The second kappa shape index (κ2) is 5.48. The number of amides is 1. The van der Waals surface area contributed by atoms with Crippen LogP contribution >= 0.6 is 11.6 Å². The molecule has 0 aliphatic carbocycles. The Kier molecular flexibility index (Phi) is 5.38. The number of rotatable bonds is 4. The maximum atomic E-state index is 11.3. The van der Waals surface area contributed by atoms with Crippen LogP contribution in [0.2, 0.25) is 0 Å². The molecule has 0 radical (unpaired) electrons. The molecule has 0 bridgehead atoms. The molecule has 0 aliphatic rings. The first-order valence-corrected chi connectivity index (χ1v) is 5.24. The van der Waals surface area contributed by atoms with E-state index in [2.05, 4.69) is 33.0 Å². The zero-order chi connectivity index (χ0) is 10.5. The van der Waals surface area contributed by atoms with Crippen LogP contribution in [-0.2, 0) is 4.79 Å². The fraction of sp³-hybridized carbons (Fsp3) is 0.900. The van der Waals surface area contributed by atoms with Crippen molar-refractivity contribution >= 4 is 17.5 Å². The second-order valence-electron chi connectivity index (χ2n) is 4.51. The lowest BCUT2D eigenvalue weighted by atomic mass is 9.80. The van der Waals surface area contributed by atoms with Crippen LogP contribution in [0.25, 0.3) is 0 Å². The molecule has 3 heteroatoms. The van der Waals surface area contributed by atoms with Gasteiger partial charge in [0, 0.05) is 18.8 Å². The molecule has 78 valence electrons. The lowest BCUT2D eigenvalue weighted by molar-refractivity contribution is -0.122. The van der Waals surface area contributed by atoms with E-state index in [-0.39, 0.29) is 11.3 Å². The molecule has 0 rings (SSSR count). The van der Waals surface area contributed by atoms with Gasteiger partial charge in [-0.05, 0) is 11.3 Å². The van der Waals surface area contributed by atoms with Gasteiger partial charge < -0.3 is 5.32 Å². The first-order valence-electron chi connectivity index (χ1n) is 4.70. The summed E-state index contributed by atoms with van der Waals surface area (Å²) in [7, 11) is 0. The topological polar surface area (TPSA) is 29.1 Å². The molecular weight excluding hydrogens is 186 g/mol. The molecule has 0 aromatic heterocycles. The molecule has 1 amide bonds. The van der Waals surface area contributed by atoms with Crippen LogP contribution in [0, 0.1) is 11.3 Å². The van der Waals surface area contributed by atoms with Gasteiger partial charge in [0.25, 0.3) is 0 Å². The van der Waals surface area contributed by atoms with Crippen LogP contribution in [0.1, 0.15) is 34.1 Å². The van der Waals surface area contributed by atoms with E-state index in [1.54, 1.807) is 0 Å². The molecule has 0 spiro atoms. The third-order valence-electron chi connectivity index (χ3n) is 2.39. The molecule has 1 N–H and O–H groups in total. The molecule has 2 nitrogen and oxygen atoms in total. The van der Waals surface area contributed by atoms with E-state index in [4.69, 9.17) is 11.6 Å². The number of hydrogen-bond donors (Lipinski definition) is 1. The van der Waals surface area contributed by atoms with E-state index in [1.807, 2.05) is 0 Å². The van der Waals surface area contributed by atoms with Crippen molar-refractivity contribution in [1.29, 1.82) is 0 Å². The van der Waals surface area contributed by atoms with E-state index in [9.17, 15) is 4.79 Å². The third-order valence-corrected chi connectivity index (χ3v) is 2.58. The maximum Gasteiger partial charge on any atom is 0.220 e. The minimum absolute atomic E-state index is 0.100. The number of alkyl halides is 1. The van der Waals surface area contributed by atoms with Gasteiger partial charge in [-0.3, -0.25) is 4.79 Å². The summed E-state index contributed by atoms with van der Waals surface area (Å²) >= 11 is 5.46. The normalized spacial score (nSPS) is 13.9. The molecule has 1 unspecified atom stereocenters. The smallest absolute Gasteiger partial charge is 0.220 e. The molecule has 0 saturated heterocycles. The summed E-state index contributed by atoms with van der Waals surface area (Å²) in [6.07, 6.45) is 0.584. The first-order chi connectivity index (χ1) is 5.88. The maximum absolute atomic E-state index is 11.3. The van der Waals surface area contributed by atoms with Crippen molar-refractivity contribution in [2.45, 2.75) is 34.1 Å². The standard InChI is InChI=1S/C10H20ClNO/c1-8(10(2,3)4)7-9(13)12-6-5-11/h8H,5-7H2,1-4H3,(H,12,13). The van der Waals surface area contributed by atoms with E-state index >= 15 is 0 Å². The zero-order valence-corrected chi connectivity index (χ0v) is 9.74. The number of carbonyl (C=O) groups is 1. The van der Waals surface area contributed by atoms with Crippen molar-refractivity contribution in [1.82, 2.24) is 5.32 Å². The molecule has 0 heterocycles. The van der Waals surface area contributed by atoms with Crippen LogP contribution in [0.15, 0.2) is 0 Å². The Hall–Kier alpha value is -0.240. The Bertz CT molecular complexity index is 163. The Balaban J connectivity index is 3.79. The Labute approximate surface area is 86.0 Å². The first kappa shape index (κ1) is 12.8. The lowest BCUT2D eigenvalue weighted by Crippen LogP contribution is -2.30. The predicted molar refractivity (Wildman–Crippen MR) is 57.0 cm³/mol. The van der Waals surface area contributed by atoms with Gasteiger partial charge in [0.1, 0.15) is 0 Å². The van der Waals surface area contributed by atoms with E-state index in [0.29, 0.717) is 24.8 Å². The van der Waals surface area contributed by atoms with Crippen LogP contribution in [0.3, 0.4) is 0 Å². The van der Waals surface area contributed by atoms with Gasteiger partial charge in [-0.15, -0.1) is 11.6 Å². The molecule has 0 saturated carbocycles. The monoisotopic (exact) mass is 205 g/mol. The highest BCUT2D eigenvalue weighted by atomic mass is 35.5. The fourth-order valence-corrected chi connectivity index (χ4v) is 0.938. The second-order valence-corrected chi connectivity index (χ2v) is 4.89. The van der Waals surface area contributed by atoms with Crippen molar-refractivity contribution in [3.63, 3.8) is 0 Å². The van der Waals surface area contributed by atoms with Gasteiger partial charge in [0.2, 0.25) is 5.91 Å². The molecule has 0 aliphatic heterocycles. The quantitative estimate of drug-likeness (QED) is 0.702. The SMILES string of the molecule is CC(CC(=O)NCCCl)C(C)(C)C. The predicted octanol–water partition coefficient (Wildman–Crippen LogP) is 2.41. The minimum atomic E-state index is 0.100. The highest BCUT2D eigenvalue weighted by Gasteiger charge is 2.22. The Morgan fingerprint density at radius 2 is 2.00 bits per heavy atom. The number of halogens is 1. The highest BCUT2D eigenvalue weighted by Crippen LogP contribution is 2.27. The average Bonchev–Trinajstić information content (AvgIpc) is 1.99. The van der Waals surface area contributed by atoms with E-state index in [0.717, 1.165) is 0 Å². The average molecular weight is 206 g/mol. The van der Waals surface area contributed by atoms with Crippen molar-refractivity contribution in [3.8, 4) is 0 Å². The van der Waals surface area contributed by atoms with Crippen LogP contribution in [0.4, 0.5) is 0 Å². The zero-order valence-electron chi connectivity index (χ0n) is 8.98. The summed E-state index contributed by atoms with van der Waals surface area (Å²) in [4.78, 5) is 11.3. The summed E-state index contributed by atoms with van der Waals surface area (Å²) in [5.41, 5.74) is 0.193. The van der Waals surface area contributed by atoms with Gasteiger partial charge >= 0.3 is 0 Å². The number of hydrogen-bond acceptors (Lipinski definition) is 1. The van der Waals surface area contributed by atoms with Crippen molar-refractivity contribution < 1.29 is 4.79 Å². The summed E-state index contributed by atoms with van der Waals surface area (Å²) < 4.78 is 0. The largest absolute Gasteiger partial charge is 0.355 e. The van der Waals surface area contributed by atoms with Crippen LogP contribution in [-0.4, -0.2) is 18.3 Å². The summed E-state index contributed by atoms with van der Waals surface area (Å²) in [5, 5.41) is 2.76. The molecule has 0 fully saturated rings. The molecule has 13 heavy (non-hydrogen) atoms. The van der Waals surface area contributed by atoms with Crippen molar-refractivity contribution in [2.24, 2.45) is 11.3 Å². The lowest BCUT2D eigenvalue weighted by Gasteiger charge is -2.26. The van der Waals surface area contributed by atoms with Gasteiger partial charge in [-0.25, -0.2) is 0 Å². The number of nitrogens with one attached hydrogen (secondary N) is 1. The summed E-state index contributed by atoms with van der Waals surface area (Å²) in [5.74, 6) is 0.973. The van der Waals surface area contributed by atoms with Gasteiger partial charge in [-0.2, -0.15) is 0 Å². The Morgan fingerprint density at radius 3 is 2.38 bits per heavy atom. The fourth-order valence-electron chi connectivity index (χ4n) is 0.843. The van der Waals surface area contributed by atoms with Crippen LogP contribution in [0.5, 0.6) is 0 Å². The molecule has 1 atom stereocenters. The van der Waals surface area contributed by atoms with E-state index in [1.165, 1.54) is 0 Å². The Morgan fingerprint density at radius 1 is 1.46 bits per heavy atom. The molecular formula is C10H20ClNO. The molecule has 0 aromatic rings. The van der Waals surface area contributed by atoms with Crippen LogP contribution < -0.4 is 5.32 Å². The van der Waals surface area contributed by atoms with E-state index < -0.39 is 0 Å². The highest BCUT2D eigenvalue weighted by molar-refractivity contribution is 6.18. The minimum Gasteiger partial charge on any atom is -0.355 e. The van der Waals surface area contributed by atoms with Crippen molar-refractivity contribution in [3.05, 3.63) is 0 Å². The molecule has 0 aromatic carbocycles. The summed E-state index contributed by atoms with van der Waals surface area (Å²) in [6, 6.07) is 0. The summed E-state index contributed by atoms with van der Waals surface area (Å²) in [6.45, 7) is 9.10.